The molecule has 0 amide bonds. The van der Waals surface area contributed by atoms with Crippen LogP contribution in [0.1, 0.15) is 19.4 Å². The van der Waals surface area contributed by atoms with Gasteiger partial charge in [-0.3, -0.25) is 9.89 Å². The van der Waals surface area contributed by atoms with Crippen molar-refractivity contribution in [1.82, 2.24) is 4.90 Å². The Balaban J connectivity index is 1.76. The molecule has 1 aliphatic rings. The number of hydrogen-bond donors (Lipinski definition) is 3. The fourth-order valence-corrected chi connectivity index (χ4v) is 4.16. The quantitative estimate of drug-likeness (QED) is 0.454. The van der Waals surface area contributed by atoms with Crippen molar-refractivity contribution in [3.63, 3.8) is 0 Å². The first kappa shape index (κ1) is 22.6. The summed E-state index contributed by atoms with van der Waals surface area (Å²) in [5.41, 5.74) is 17.1. The van der Waals surface area contributed by atoms with Crippen molar-refractivity contribution in [2.75, 3.05) is 37.6 Å². The Kier molecular flexibility index (Phi) is 7.84. The fourth-order valence-electron chi connectivity index (χ4n) is 4.16. The molecule has 1 heterocycles. The second kappa shape index (κ2) is 10.8. The number of piperazine rings is 1. The Hall–Kier alpha value is -3.12. The first-order valence-corrected chi connectivity index (χ1v) is 10.9. The lowest BCUT2D eigenvalue weighted by molar-refractivity contribution is 0.249. The van der Waals surface area contributed by atoms with E-state index in [1.807, 2.05) is 31.2 Å². The van der Waals surface area contributed by atoms with E-state index in [0.717, 1.165) is 38.2 Å². The van der Waals surface area contributed by atoms with Gasteiger partial charge >= 0.3 is 0 Å². The van der Waals surface area contributed by atoms with Gasteiger partial charge in [0.25, 0.3) is 0 Å². The van der Waals surface area contributed by atoms with Crippen LogP contribution in [0, 0.1) is 5.41 Å². The van der Waals surface area contributed by atoms with Crippen LogP contribution in [0.4, 0.5) is 5.69 Å². The number of nitrogens with zero attached hydrogens (tertiary/aromatic N) is 3. The predicted octanol–water partition coefficient (Wildman–Crippen LogP) is 3.05. The van der Waals surface area contributed by atoms with E-state index in [1.165, 1.54) is 11.3 Å². The van der Waals surface area contributed by atoms with Gasteiger partial charge in [-0.1, -0.05) is 48.5 Å². The van der Waals surface area contributed by atoms with E-state index in [0.29, 0.717) is 23.8 Å². The highest BCUT2D eigenvalue weighted by atomic mass is 15.3. The Labute approximate surface area is 185 Å². The highest BCUT2D eigenvalue weighted by Crippen LogP contribution is 2.21. The summed E-state index contributed by atoms with van der Waals surface area (Å²) in [6, 6.07) is 20.5. The molecule has 1 atom stereocenters. The molecule has 5 N–H and O–H groups in total. The van der Waals surface area contributed by atoms with Crippen molar-refractivity contribution in [2.24, 2.45) is 16.5 Å². The average Bonchev–Trinajstić information content (AvgIpc) is 2.78. The predicted molar refractivity (Wildman–Crippen MR) is 131 cm³/mol. The van der Waals surface area contributed by atoms with Gasteiger partial charge < -0.3 is 21.8 Å². The third-order valence-electron chi connectivity index (χ3n) is 5.72. The van der Waals surface area contributed by atoms with Crippen LogP contribution in [0.5, 0.6) is 0 Å². The summed E-state index contributed by atoms with van der Waals surface area (Å²) in [7, 11) is 0. The molecule has 3 rings (SSSR count). The minimum absolute atomic E-state index is 0.267. The van der Waals surface area contributed by atoms with E-state index >= 15 is 0 Å². The van der Waals surface area contributed by atoms with Gasteiger partial charge in [-0.25, -0.2) is 0 Å². The van der Waals surface area contributed by atoms with Gasteiger partial charge in [-0.05, 0) is 38.0 Å². The van der Waals surface area contributed by atoms with Crippen LogP contribution < -0.4 is 16.4 Å². The number of nitrogens with one attached hydrogen (secondary N) is 1. The normalized spacial score (nSPS) is 17.2. The summed E-state index contributed by atoms with van der Waals surface area (Å²) < 4.78 is 0. The molecule has 1 fully saturated rings. The van der Waals surface area contributed by atoms with E-state index in [9.17, 15) is 0 Å². The van der Waals surface area contributed by atoms with Crippen LogP contribution in [0.3, 0.4) is 0 Å². The lowest BCUT2D eigenvalue weighted by Gasteiger charge is -2.41. The molecule has 0 radical (unpaired) electrons. The van der Waals surface area contributed by atoms with Crippen molar-refractivity contribution >= 4 is 17.2 Å². The summed E-state index contributed by atoms with van der Waals surface area (Å²) in [4.78, 5) is 9.40. The molecule has 1 unspecified atom stereocenters. The van der Waals surface area contributed by atoms with Crippen LogP contribution in [0.2, 0.25) is 0 Å². The molecule has 0 aromatic heterocycles. The summed E-state index contributed by atoms with van der Waals surface area (Å²) in [5.74, 6) is 0.537. The summed E-state index contributed by atoms with van der Waals surface area (Å²) in [6.07, 6.45) is 0.834. The number of rotatable bonds is 8. The molecule has 6 heteroatoms. The maximum atomic E-state index is 8.32. The zero-order chi connectivity index (χ0) is 22.2. The van der Waals surface area contributed by atoms with Gasteiger partial charge in [-0.15, -0.1) is 0 Å². The van der Waals surface area contributed by atoms with Crippen LogP contribution in [0.25, 0.3) is 0 Å². The van der Waals surface area contributed by atoms with Crippen LogP contribution >= 0.6 is 0 Å². The highest BCUT2D eigenvalue weighted by Gasteiger charge is 2.31. The van der Waals surface area contributed by atoms with E-state index in [2.05, 4.69) is 46.2 Å². The van der Waals surface area contributed by atoms with Gasteiger partial charge in [0.1, 0.15) is 5.84 Å². The highest BCUT2D eigenvalue weighted by molar-refractivity contribution is 6.05. The van der Waals surface area contributed by atoms with Crippen molar-refractivity contribution in [2.45, 2.75) is 26.3 Å². The summed E-state index contributed by atoms with van der Waals surface area (Å²) >= 11 is 0. The molecule has 164 valence electrons. The van der Waals surface area contributed by atoms with Gasteiger partial charge in [-0.2, -0.15) is 0 Å². The lowest BCUT2D eigenvalue weighted by Crippen LogP contribution is -2.56. The van der Waals surface area contributed by atoms with Crippen molar-refractivity contribution in [3.8, 4) is 0 Å². The number of nitrogens with two attached hydrogens (primary N) is 2. The molecule has 0 aliphatic carbocycles. The van der Waals surface area contributed by atoms with Crippen molar-refractivity contribution in [1.29, 1.82) is 5.41 Å². The number of allylic oxidation sites excluding steroid dienone is 1. The molecule has 0 bridgehead atoms. The zero-order valence-corrected chi connectivity index (χ0v) is 18.6. The average molecular weight is 419 g/mol. The third kappa shape index (κ3) is 5.95. The fraction of sp³-hybridized carbons (Fsp3) is 0.360. The molecule has 31 heavy (non-hydrogen) atoms. The van der Waals surface area contributed by atoms with Crippen LogP contribution in [0.15, 0.2) is 76.9 Å². The van der Waals surface area contributed by atoms with Gasteiger partial charge in [0.2, 0.25) is 0 Å². The van der Waals surface area contributed by atoms with Crippen LogP contribution in [-0.4, -0.2) is 55.2 Å². The molecule has 1 aliphatic heterocycles. The number of benzene rings is 2. The minimum Gasteiger partial charge on any atom is -0.402 e. The summed E-state index contributed by atoms with van der Waals surface area (Å²) in [6.45, 7) is 7.69. The maximum absolute atomic E-state index is 8.32. The number of aliphatic imine (C=N–C) groups is 1. The second-order valence-corrected chi connectivity index (χ2v) is 8.02. The molecule has 1 saturated heterocycles. The Bertz CT molecular complexity index is 908. The molecular formula is C25H34N6. The molecule has 0 spiro atoms. The lowest BCUT2D eigenvalue weighted by atomic mass is 9.97. The maximum Gasteiger partial charge on any atom is 0.116 e. The first-order valence-electron chi connectivity index (χ1n) is 10.9. The monoisotopic (exact) mass is 418 g/mol. The van der Waals surface area contributed by atoms with E-state index < -0.39 is 0 Å². The van der Waals surface area contributed by atoms with Gasteiger partial charge in [0.15, 0.2) is 0 Å². The zero-order valence-electron chi connectivity index (χ0n) is 18.6. The molecule has 6 nitrogen and oxygen atoms in total. The SMILES string of the molecule is CC(=N)/C(=C(/C)N)C(C(N)=NCCc1ccccc1)N1CCN(c2ccccc2)CC1. The molecule has 2 aromatic rings. The van der Waals surface area contributed by atoms with Crippen molar-refractivity contribution in [3.05, 3.63) is 77.5 Å². The summed E-state index contributed by atoms with van der Waals surface area (Å²) in [5, 5.41) is 8.32. The van der Waals surface area contributed by atoms with Crippen LogP contribution in [-0.2, 0) is 6.42 Å². The number of hydrogen-bond acceptors (Lipinski definition) is 5. The molecular weight excluding hydrogens is 384 g/mol. The van der Waals surface area contributed by atoms with Gasteiger partial charge in [0.05, 0.1) is 6.04 Å². The smallest absolute Gasteiger partial charge is 0.116 e. The third-order valence-corrected chi connectivity index (χ3v) is 5.72. The largest absolute Gasteiger partial charge is 0.402 e. The standard InChI is InChI=1S/C25H34N6/c1-19(26)23(20(2)27)24(25(28)29-14-13-21-9-5-3-6-10-21)31-17-15-30(16-18-31)22-11-7-4-8-12-22/h3-12,24,26H,13-18,27H2,1-2H3,(H2,28,29)/b23-20+,26-19?. The van der Waals surface area contributed by atoms with Gasteiger partial charge in [0, 0.05) is 55.4 Å². The Morgan fingerprint density at radius 3 is 2.06 bits per heavy atom. The number of anilines is 1. The number of amidine groups is 1. The topological polar surface area (TPSA) is 94.7 Å². The van der Waals surface area contributed by atoms with Crippen molar-refractivity contribution < 1.29 is 0 Å². The first-order chi connectivity index (χ1) is 15.0. The van der Waals surface area contributed by atoms with E-state index in [4.69, 9.17) is 21.9 Å². The van der Waals surface area contributed by atoms with E-state index in [1.54, 1.807) is 6.92 Å². The van der Waals surface area contributed by atoms with E-state index in [-0.39, 0.29) is 6.04 Å². The second-order valence-electron chi connectivity index (χ2n) is 8.02. The Morgan fingerprint density at radius 1 is 0.935 bits per heavy atom. The molecule has 0 saturated carbocycles. The molecule has 2 aromatic carbocycles. The Morgan fingerprint density at radius 2 is 1.52 bits per heavy atom. The number of para-hydroxylation sites is 1. The minimum atomic E-state index is -0.267.